The third-order valence-electron chi connectivity index (χ3n) is 7.68. The van der Waals surface area contributed by atoms with Crippen molar-refractivity contribution in [3.8, 4) is 0 Å². The molecule has 5 heterocycles. The predicted molar refractivity (Wildman–Crippen MR) is 152 cm³/mol. The first-order valence-corrected chi connectivity index (χ1v) is 14.5. The normalized spacial score (nSPS) is 28.4. The second-order valence-corrected chi connectivity index (χ2v) is 12.6. The van der Waals surface area contributed by atoms with E-state index in [0.29, 0.717) is 0 Å². The fourth-order valence-corrected chi connectivity index (χ4v) is 5.98. The van der Waals surface area contributed by atoms with Gasteiger partial charge in [-0.25, -0.2) is 14.6 Å². The molecule has 0 aliphatic carbocycles. The maximum atomic E-state index is 13.8. The second kappa shape index (κ2) is 11.1. The Morgan fingerprint density at radius 1 is 0.886 bits per heavy atom. The number of fused-ring (bicyclic) bond motifs is 1. The molecule has 2 bridgehead atoms. The smallest absolute Gasteiger partial charge is 0.436 e. The van der Waals surface area contributed by atoms with Crippen LogP contribution >= 0.6 is 0 Å². The van der Waals surface area contributed by atoms with Crippen LogP contribution in [0.1, 0.15) is 45.7 Å². The summed E-state index contributed by atoms with van der Waals surface area (Å²) in [7, 11) is 0. The van der Waals surface area contributed by atoms with Crippen molar-refractivity contribution in [1.29, 1.82) is 0 Å². The zero-order chi connectivity index (χ0) is 31.4. The number of hydrogen-bond acceptors (Lipinski definition) is 9. The van der Waals surface area contributed by atoms with Crippen LogP contribution in [0.2, 0.25) is 0 Å². The molecular formula is C31H36N4O9. The summed E-state index contributed by atoms with van der Waals surface area (Å²) in [6.07, 6.45) is -5.87. The van der Waals surface area contributed by atoms with Crippen LogP contribution in [-0.2, 0) is 46.4 Å². The molecule has 5 aliphatic heterocycles. The van der Waals surface area contributed by atoms with Gasteiger partial charge in [0.2, 0.25) is 5.91 Å². The molecule has 1 N–H and O–H groups in total. The highest BCUT2D eigenvalue weighted by atomic mass is 16.8. The van der Waals surface area contributed by atoms with Crippen LogP contribution in [0.15, 0.2) is 60.7 Å². The monoisotopic (exact) mass is 608 g/mol. The molecule has 5 fully saturated rings. The molecule has 44 heavy (non-hydrogen) atoms. The van der Waals surface area contributed by atoms with E-state index in [9.17, 15) is 19.2 Å². The number of benzene rings is 2. The number of rotatable bonds is 5. The van der Waals surface area contributed by atoms with Crippen LogP contribution < -0.4 is 5.32 Å². The Hall–Kier alpha value is -4.20. The van der Waals surface area contributed by atoms with Gasteiger partial charge in [0.15, 0.2) is 12.0 Å². The van der Waals surface area contributed by atoms with Crippen LogP contribution in [0.3, 0.4) is 0 Å². The van der Waals surface area contributed by atoms with Gasteiger partial charge in [-0.2, -0.15) is 10.1 Å². The average molecular weight is 609 g/mol. The molecule has 4 amide bonds. The highest BCUT2D eigenvalue weighted by Crippen LogP contribution is 2.47. The van der Waals surface area contributed by atoms with Crippen LogP contribution in [0.25, 0.3) is 0 Å². The molecule has 5 aliphatic rings. The lowest BCUT2D eigenvalue weighted by molar-refractivity contribution is -0.275. The molecule has 0 saturated carbocycles. The Labute approximate surface area is 254 Å². The van der Waals surface area contributed by atoms with E-state index >= 15 is 0 Å². The molecule has 13 nitrogen and oxygen atoms in total. The highest BCUT2D eigenvalue weighted by molar-refractivity contribution is 5.95. The molecule has 7 rings (SSSR count). The Bertz CT molecular complexity index is 1430. The van der Waals surface area contributed by atoms with Crippen LogP contribution in [-0.4, -0.2) is 87.0 Å². The van der Waals surface area contributed by atoms with E-state index in [-0.39, 0.29) is 13.0 Å². The third kappa shape index (κ3) is 5.58. The first-order valence-electron chi connectivity index (χ1n) is 14.5. The number of ether oxygens (including phenoxy) is 4. The number of carbonyl (C=O) groups is 4. The zero-order valence-electron chi connectivity index (χ0n) is 25.2. The van der Waals surface area contributed by atoms with Gasteiger partial charge in [0, 0.05) is 0 Å². The predicted octanol–water partition coefficient (Wildman–Crippen LogP) is 2.89. The van der Waals surface area contributed by atoms with E-state index in [2.05, 4.69) is 5.32 Å². The number of hydrazine groups is 1. The van der Waals surface area contributed by atoms with E-state index in [1.54, 1.807) is 46.8 Å². The van der Waals surface area contributed by atoms with Gasteiger partial charge >= 0.3 is 12.2 Å². The highest BCUT2D eigenvalue weighted by Gasteiger charge is 2.72. The molecule has 6 atom stereocenters. The first kappa shape index (κ1) is 29.9. The van der Waals surface area contributed by atoms with Crippen molar-refractivity contribution in [2.75, 3.05) is 0 Å². The Balaban J connectivity index is 1.35. The van der Waals surface area contributed by atoms with E-state index in [1.807, 2.05) is 48.5 Å². The fraction of sp³-hybridized carbons (Fsp3) is 0.484. The Morgan fingerprint density at radius 3 is 2.14 bits per heavy atom. The van der Waals surface area contributed by atoms with Crippen molar-refractivity contribution >= 4 is 24.0 Å². The van der Waals surface area contributed by atoms with Crippen LogP contribution in [0.4, 0.5) is 9.59 Å². The summed E-state index contributed by atoms with van der Waals surface area (Å²) in [6.45, 7) is 8.41. The molecule has 5 saturated heterocycles. The minimum atomic E-state index is -1.33. The van der Waals surface area contributed by atoms with Gasteiger partial charge in [-0.3, -0.25) is 14.4 Å². The molecule has 0 aromatic heterocycles. The lowest BCUT2D eigenvalue weighted by Gasteiger charge is -2.50. The van der Waals surface area contributed by atoms with Crippen molar-refractivity contribution in [3.05, 3.63) is 71.8 Å². The number of amides is 4. The largest absolute Gasteiger partial charge is 0.443 e. The summed E-state index contributed by atoms with van der Waals surface area (Å²) < 4.78 is 23.8. The SMILES string of the molecule is CC(C)(C)OC(=O)N1C2C3OC(C)(C)OC3C(ON2C(=O)OCc2ccccc2)C2[C@@H](NC(=O)Cc3ccccc3)C(=O)N21. The van der Waals surface area contributed by atoms with Gasteiger partial charge in [-0.05, 0) is 45.7 Å². The minimum Gasteiger partial charge on any atom is -0.443 e. The van der Waals surface area contributed by atoms with E-state index in [0.717, 1.165) is 21.2 Å². The molecule has 13 heteroatoms. The molecule has 0 spiro atoms. The molecule has 5 unspecified atom stereocenters. The topological polar surface area (TPSA) is 136 Å². The molecule has 2 aromatic rings. The van der Waals surface area contributed by atoms with E-state index < -0.39 is 72.0 Å². The maximum Gasteiger partial charge on any atom is 0.436 e. The number of hydrogen-bond donors (Lipinski definition) is 1. The maximum absolute atomic E-state index is 13.8. The summed E-state index contributed by atoms with van der Waals surface area (Å²) >= 11 is 0. The summed E-state index contributed by atoms with van der Waals surface area (Å²) in [5, 5.41) is 5.94. The summed E-state index contributed by atoms with van der Waals surface area (Å²) in [5.74, 6) is -2.07. The number of carbonyl (C=O) groups excluding carboxylic acids is 4. The van der Waals surface area contributed by atoms with Crippen molar-refractivity contribution in [1.82, 2.24) is 20.4 Å². The van der Waals surface area contributed by atoms with E-state index in [4.69, 9.17) is 23.8 Å². The Kier molecular flexibility index (Phi) is 7.50. The summed E-state index contributed by atoms with van der Waals surface area (Å²) in [6, 6.07) is 16.2. The van der Waals surface area contributed by atoms with E-state index in [1.165, 1.54) is 5.01 Å². The molecule has 0 radical (unpaired) electrons. The van der Waals surface area contributed by atoms with Gasteiger partial charge in [0.05, 0.1) is 6.42 Å². The lowest BCUT2D eigenvalue weighted by Crippen LogP contribution is -2.78. The van der Waals surface area contributed by atoms with Crippen molar-refractivity contribution < 1.29 is 43.0 Å². The van der Waals surface area contributed by atoms with Crippen molar-refractivity contribution in [3.63, 3.8) is 0 Å². The summed E-state index contributed by atoms with van der Waals surface area (Å²) in [5.41, 5.74) is 0.562. The standard InChI is InChI=1S/C31H36N4O9/c1-30(2,3)43-28(38)34-26-25-24(41-31(4,5)42-25)23(44-35(26)29(39)40-17-19-14-10-7-11-15-19)22-21(27(37)33(22)34)32-20(36)16-18-12-8-6-9-13-18/h6-15,21-26H,16-17H2,1-5H3,(H,32,36)/t21-,22?,23?,24?,25?,26?/m1/s1. The average Bonchev–Trinajstić information content (AvgIpc) is 3.18. The van der Waals surface area contributed by atoms with Gasteiger partial charge in [-0.15, -0.1) is 0 Å². The van der Waals surface area contributed by atoms with Gasteiger partial charge in [0.1, 0.15) is 42.6 Å². The van der Waals surface area contributed by atoms with Crippen molar-refractivity contribution in [2.45, 2.75) is 95.6 Å². The van der Waals surface area contributed by atoms with Crippen molar-refractivity contribution in [2.24, 2.45) is 0 Å². The third-order valence-corrected chi connectivity index (χ3v) is 7.68. The number of nitrogens with one attached hydrogen (secondary N) is 1. The minimum absolute atomic E-state index is 0.0396. The second-order valence-electron chi connectivity index (χ2n) is 12.6. The lowest BCUT2D eigenvalue weighted by atomic mass is 9.87. The molecular weight excluding hydrogens is 572 g/mol. The molecule has 234 valence electrons. The van der Waals surface area contributed by atoms with Gasteiger partial charge in [0.25, 0.3) is 5.91 Å². The van der Waals surface area contributed by atoms with Gasteiger partial charge in [-0.1, -0.05) is 60.7 Å². The quantitative estimate of drug-likeness (QED) is 0.508. The first-order chi connectivity index (χ1) is 20.8. The van der Waals surface area contributed by atoms with Crippen LogP contribution in [0, 0.1) is 0 Å². The molecule has 2 aromatic carbocycles. The number of hydroxylamine groups is 2. The summed E-state index contributed by atoms with van der Waals surface area (Å²) in [4.78, 5) is 60.6. The number of β-lactam (4-membered cyclic amide) rings is 1. The zero-order valence-corrected chi connectivity index (χ0v) is 25.2. The van der Waals surface area contributed by atoms with Gasteiger partial charge < -0.3 is 24.3 Å². The van der Waals surface area contributed by atoms with Crippen LogP contribution in [0.5, 0.6) is 0 Å². The Morgan fingerprint density at radius 2 is 1.50 bits per heavy atom. The fourth-order valence-electron chi connectivity index (χ4n) is 5.98. The number of nitrogens with zero attached hydrogens (tertiary/aromatic N) is 3.